The molecule has 0 saturated heterocycles. The monoisotopic (exact) mass is 553 g/mol. The molecule has 0 saturated carbocycles. The number of rotatable bonds is 6. The first kappa shape index (κ1) is 24.2. The van der Waals surface area contributed by atoms with E-state index in [0.29, 0.717) is 16.9 Å². The first-order valence-corrected chi connectivity index (χ1v) is 11.4. The number of anilines is 3. The predicted octanol–water partition coefficient (Wildman–Crippen LogP) is 4.92. The molecule has 1 heterocycles. The van der Waals surface area contributed by atoms with Crippen LogP contribution < -0.4 is 15.5 Å². The summed E-state index contributed by atoms with van der Waals surface area (Å²) < 4.78 is 5.58. The Balaban J connectivity index is 1.48. The van der Waals surface area contributed by atoms with Gasteiger partial charge < -0.3 is 15.4 Å². The Labute approximate surface area is 213 Å². The van der Waals surface area contributed by atoms with Crippen LogP contribution in [0.2, 0.25) is 0 Å². The summed E-state index contributed by atoms with van der Waals surface area (Å²) in [5.41, 5.74) is 1.73. The lowest BCUT2D eigenvalue weighted by Crippen LogP contribution is -2.32. The Bertz CT molecular complexity index is 1370. The van der Waals surface area contributed by atoms with Crippen LogP contribution in [0.5, 0.6) is 0 Å². The number of halogens is 2. The Morgan fingerprint density at radius 2 is 1.54 bits per heavy atom. The maximum absolute atomic E-state index is 13.0. The summed E-state index contributed by atoms with van der Waals surface area (Å²) in [6.07, 6.45) is 0. The van der Waals surface area contributed by atoms with Crippen LogP contribution in [0.4, 0.5) is 17.1 Å². The van der Waals surface area contributed by atoms with Crippen LogP contribution >= 0.6 is 27.5 Å². The first-order chi connectivity index (χ1) is 16.8. The van der Waals surface area contributed by atoms with E-state index in [1.165, 1.54) is 31.4 Å². The van der Waals surface area contributed by atoms with Crippen LogP contribution in [0.25, 0.3) is 0 Å². The van der Waals surface area contributed by atoms with Gasteiger partial charge in [-0.25, -0.2) is 9.69 Å². The number of imide groups is 1. The number of nitrogens with one attached hydrogen (secondary N) is 2. The molecule has 4 rings (SSSR count). The number of hydrogen-bond acceptors (Lipinski definition) is 6. The smallest absolute Gasteiger partial charge is 0.337 e. The van der Waals surface area contributed by atoms with Crippen molar-refractivity contribution in [2.75, 3.05) is 22.6 Å². The van der Waals surface area contributed by atoms with E-state index in [1.807, 2.05) is 12.1 Å². The van der Waals surface area contributed by atoms with Crippen molar-refractivity contribution in [1.82, 2.24) is 0 Å². The number of carbonyl (C=O) groups excluding carboxylic acids is 4. The topological polar surface area (TPSA) is 105 Å². The van der Waals surface area contributed by atoms with Crippen molar-refractivity contribution in [3.8, 4) is 0 Å². The zero-order valence-corrected chi connectivity index (χ0v) is 20.5. The number of ether oxygens (including phenoxy) is 1. The van der Waals surface area contributed by atoms with Crippen LogP contribution in [-0.4, -0.2) is 30.8 Å². The highest BCUT2D eigenvalue weighted by Crippen LogP contribution is 2.30. The summed E-state index contributed by atoms with van der Waals surface area (Å²) in [6.45, 7) is 0. The quantitative estimate of drug-likeness (QED) is 0.331. The van der Waals surface area contributed by atoms with Gasteiger partial charge in [-0.05, 0) is 66.7 Å². The van der Waals surface area contributed by atoms with Crippen molar-refractivity contribution in [2.24, 2.45) is 0 Å². The van der Waals surface area contributed by atoms with Crippen LogP contribution in [0.15, 0.2) is 88.0 Å². The molecule has 8 nitrogen and oxygen atoms in total. The average molecular weight is 555 g/mol. The van der Waals surface area contributed by atoms with Gasteiger partial charge in [-0.15, -0.1) is 0 Å². The van der Waals surface area contributed by atoms with E-state index >= 15 is 0 Å². The molecule has 0 atom stereocenters. The van der Waals surface area contributed by atoms with Gasteiger partial charge >= 0.3 is 5.97 Å². The molecular formula is C25H17BrClN3O5. The van der Waals surface area contributed by atoms with E-state index in [2.05, 4.69) is 31.3 Å². The SMILES string of the molecule is COC(=O)c1cccc(N2C(=O)C(Cl)=C(Nc3ccc(C(=O)Nc4ccc(Br)cc4)cc3)C2=O)c1. The molecule has 3 aromatic carbocycles. The highest BCUT2D eigenvalue weighted by Gasteiger charge is 2.39. The van der Waals surface area contributed by atoms with Gasteiger partial charge in [0.1, 0.15) is 10.7 Å². The predicted molar refractivity (Wildman–Crippen MR) is 135 cm³/mol. The fourth-order valence-corrected chi connectivity index (χ4v) is 3.80. The van der Waals surface area contributed by atoms with E-state index in [1.54, 1.807) is 36.4 Å². The minimum Gasteiger partial charge on any atom is -0.465 e. The van der Waals surface area contributed by atoms with Crippen molar-refractivity contribution in [3.05, 3.63) is 99.1 Å². The molecule has 0 fully saturated rings. The number of hydrogen-bond donors (Lipinski definition) is 2. The number of nitrogens with zero attached hydrogens (tertiary/aromatic N) is 1. The summed E-state index contributed by atoms with van der Waals surface area (Å²) in [4.78, 5) is 50.9. The Kier molecular flexibility index (Phi) is 6.99. The lowest BCUT2D eigenvalue weighted by atomic mass is 10.2. The van der Waals surface area contributed by atoms with Crippen molar-refractivity contribution in [3.63, 3.8) is 0 Å². The molecule has 0 spiro atoms. The van der Waals surface area contributed by atoms with Crippen molar-refractivity contribution in [1.29, 1.82) is 0 Å². The Morgan fingerprint density at radius 3 is 2.20 bits per heavy atom. The Morgan fingerprint density at radius 1 is 0.886 bits per heavy atom. The molecule has 1 aliphatic heterocycles. The maximum atomic E-state index is 13.0. The number of methoxy groups -OCH3 is 1. The molecule has 0 aromatic heterocycles. The minimum absolute atomic E-state index is 0.118. The second kappa shape index (κ2) is 10.1. The molecule has 176 valence electrons. The highest BCUT2D eigenvalue weighted by atomic mass is 79.9. The zero-order valence-electron chi connectivity index (χ0n) is 18.2. The van der Waals surface area contributed by atoms with Gasteiger partial charge in [0, 0.05) is 21.4 Å². The third-order valence-corrected chi connectivity index (χ3v) is 5.95. The van der Waals surface area contributed by atoms with Crippen LogP contribution in [0.1, 0.15) is 20.7 Å². The van der Waals surface area contributed by atoms with Crippen LogP contribution in [-0.2, 0) is 14.3 Å². The molecule has 0 unspecified atom stereocenters. The van der Waals surface area contributed by atoms with Crippen molar-refractivity contribution >= 4 is 68.3 Å². The third-order valence-electron chi connectivity index (χ3n) is 5.07. The van der Waals surface area contributed by atoms with Gasteiger partial charge in [0.05, 0.1) is 18.4 Å². The molecule has 35 heavy (non-hydrogen) atoms. The number of benzene rings is 3. The second-order valence-electron chi connectivity index (χ2n) is 7.34. The van der Waals surface area contributed by atoms with Crippen LogP contribution in [0, 0.1) is 0 Å². The van der Waals surface area contributed by atoms with Crippen LogP contribution in [0.3, 0.4) is 0 Å². The standard InChI is InChI=1S/C25H17BrClN3O5/c1-35-25(34)15-3-2-4-19(13-15)30-23(32)20(27)21(24(30)33)28-17-9-5-14(6-10-17)22(31)29-18-11-7-16(26)8-12-18/h2-13,28H,1H3,(H,29,31). The minimum atomic E-state index is -0.730. The molecule has 1 aliphatic rings. The lowest BCUT2D eigenvalue weighted by Gasteiger charge is -2.16. The molecule has 10 heteroatoms. The van der Waals surface area contributed by atoms with Gasteiger partial charge in [0.15, 0.2) is 0 Å². The second-order valence-corrected chi connectivity index (χ2v) is 8.63. The van der Waals surface area contributed by atoms with E-state index in [9.17, 15) is 19.2 Å². The summed E-state index contributed by atoms with van der Waals surface area (Å²) in [7, 11) is 1.23. The lowest BCUT2D eigenvalue weighted by molar-refractivity contribution is -0.120. The van der Waals surface area contributed by atoms with Gasteiger partial charge in [0.25, 0.3) is 17.7 Å². The summed E-state index contributed by atoms with van der Waals surface area (Å²) in [5.74, 6) is -2.32. The zero-order chi connectivity index (χ0) is 25.1. The normalized spacial score (nSPS) is 13.2. The van der Waals surface area contributed by atoms with Gasteiger partial charge in [-0.1, -0.05) is 33.6 Å². The largest absolute Gasteiger partial charge is 0.465 e. The Hall–Kier alpha value is -3.95. The first-order valence-electron chi connectivity index (χ1n) is 10.2. The maximum Gasteiger partial charge on any atom is 0.337 e. The molecule has 3 aromatic rings. The molecular weight excluding hydrogens is 538 g/mol. The number of amides is 3. The number of esters is 1. The molecule has 3 amide bonds. The molecule has 0 aliphatic carbocycles. The molecule has 0 bridgehead atoms. The third kappa shape index (κ3) is 5.11. The summed E-state index contributed by atoms with van der Waals surface area (Å²) >= 11 is 9.52. The van der Waals surface area contributed by atoms with E-state index in [0.717, 1.165) is 9.37 Å². The van der Waals surface area contributed by atoms with Crippen molar-refractivity contribution in [2.45, 2.75) is 0 Å². The fourth-order valence-electron chi connectivity index (χ4n) is 3.32. The number of carbonyl (C=O) groups is 4. The van der Waals surface area contributed by atoms with Gasteiger partial charge in [-0.3, -0.25) is 14.4 Å². The summed E-state index contributed by atoms with van der Waals surface area (Å²) in [5, 5.41) is 5.34. The summed E-state index contributed by atoms with van der Waals surface area (Å²) in [6, 6.07) is 19.4. The average Bonchev–Trinajstić information content (AvgIpc) is 3.08. The highest BCUT2D eigenvalue weighted by molar-refractivity contribution is 9.10. The van der Waals surface area contributed by atoms with E-state index < -0.39 is 17.8 Å². The molecule has 2 N–H and O–H groups in total. The van der Waals surface area contributed by atoms with E-state index in [4.69, 9.17) is 11.6 Å². The van der Waals surface area contributed by atoms with Gasteiger partial charge in [-0.2, -0.15) is 0 Å². The van der Waals surface area contributed by atoms with Crippen molar-refractivity contribution < 1.29 is 23.9 Å². The van der Waals surface area contributed by atoms with E-state index in [-0.39, 0.29) is 27.9 Å². The van der Waals surface area contributed by atoms with Gasteiger partial charge in [0.2, 0.25) is 0 Å². The fraction of sp³-hybridized carbons (Fsp3) is 0.0400. The molecule has 0 radical (unpaired) electrons.